The van der Waals surface area contributed by atoms with Crippen LogP contribution in [-0.2, 0) is 0 Å². The van der Waals surface area contributed by atoms with E-state index in [1.807, 2.05) is 6.92 Å². The van der Waals surface area contributed by atoms with Crippen LogP contribution in [0.4, 0.5) is 0 Å². The molecule has 1 unspecified atom stereocenters. The second-order valence-electron chi connectivity index (χ2n) is 3.71. The minimum atomic E-state index is 0.355. The number of aryl methyl sites for hydroxylation is 1. The molecular formula is C10H12BrNOS. The fraction of sp³-hybridized carbons (Fsp3) is 0.600. The summed E-state index contributed by atoms with van der Waals surface area (Å²) in [6, 6.07) is 0. The van der Waals surface area contributed by atoms with Crippen LogP contribution < -0.4 is 0 Å². The van der Waals surface area contributed by atoms with Gasteiger partial charge in [0.05, 0.1) is 15.4 Å². The summed E-state index contributed by atoms with van der Waals surface area (Å²) in [5.41, 5.74) is 0.865. The van der Waals surface area contributed by atoms with E-state index in [0.717, 1.165) is 27.8 Å². The maximum atomic E-state index is 10.7. The lowest BCUT2D eigenvalue weighted by Gasteiger charge is -2.28. The molecule has 0 aliphatic heterocycles. The van der Waals surface area contributed by atoms with Crippen LogP contribution in [0.25, 0.3) is 0 Å². The Morgan fingerprint density at radius 3 is 2.79 bits per heavy atom. The van der Waals surface area contributed by atoms with Gasteiger partial charge in [0.1, 0.15) is 5.01 Å². The molecule has 0 radical (unpaired) electrons. The Labute approximate surface area is 95.9 Å². The van der Waals surface area contributed by atoms with Crippen LogP contribution in [0.2, 0.25) is 0 Å². The lowest BCUT2D eigenvalue weighted by atomic mass is 9.83. The molecule has 1 heterocycles. The summed E-state index contributed by atoms with van der Waals surface area (Å²) in [6.45, 7) is 1.89. The summed E-state index contributed by atoms with van der Waals surface area (Å²) in [4.78, 5) is 16.2. The van der Waals surface area contributed by atoms with Gasteiger partial charge in [0.25, 0.3) is 0 Å². The number of hydrogen-bond acceptors (Lipinski definition) is 3. The van der Waals surface area contributed by atoms with Gasteiger partial charge in [-0.25, -0.2) is 4.98 Å². The quantitative estimate of drug-likeness (QED) is 0.623. The number of carbonyl (C=O) groups is 1. The number of halogens is 1. The Bertz CT molecular complexity index is 346. The second kappa shape index (κ2) is 4.11. The van der Waals surface area contributed by atoms with Gasteiger partial charge in [-0.15, -0.1) is 11.3 Å². The number of hydrogen-bond donors (Lipinski definition) is 0. The molecule has 1 aromatic rings. The summed E-state index contributed by atoms with van der Waals surface area (Å²) < 4.78 is 0. The third-order valence-electron chi connectivity index (χ3n) is 2.76. The van der Waals surface area contributed by atoms with Crippen molar-refractivity contribution in [3.63, 3.8) is 0 Å². The molecule has 2 rings (SSSR count). The summed E-state index contributed by atoms with van der Waals surface area (Å²) >= 11 is 5.19. The molecule has 1 aliphatic carbocycles. The molecule has 0 spiro atoms. The van der Waals surface area contributed by atoms with Crippen molar-refractivity contribution in [1.82, 2.24) is 4.98 Å². The van der Waals surface area contributed by atoms with Crippen LogP contribution in [0, 0.1) is 12.8 Å². The van der Waals surface area contributed by atoms with Crippen LogP contribution >= 0.6 is 27.3 Å². The maximum absolute atomic E-state index is 10.7. The lowest BCUT2D eigenvalue weighted by molar-refractivity contribution is 0.112. The van der Waals surface area contributed by atoms with Gasteiger partial charge in [-0.1, -0.05) is 22.4 Å². The molecule has 0 aromatic carbocycles. The van der Waals surface area contributed by atoms with E-state index in [-0.39, 0.29) is 0 Å². The lowest BCUT2D eigenvalue weighted by Crippen LogP contribution is -2.16. The van der Waals surface area contributed by atoms with E-state index >= 15 is 0 Å². The molecule has 1 saturated carbocycles. The van der Waals surface area contributed by atoms with E-state index in [9.17, 15) is 4.79 Å². The van der Waals surface area contributed by atoms with Crippen LogP contribution in [-0.4, -0.2) is 11.3 Å². The zero-order chi connectivity index (χ0) is 10.1. The monoisotopic (exact) mass is 273 g/mol. The van der Waals surface area contributed by atoms with Gasteiger partial charge in [-0.2, -0.15) is 0 Å². The van der Waals surface area contributed by atoms with Crippen LogP contribution in [0.1, 0.15) is 44.5 Å². The minimum absolute atomic E-state index is 0.355. The van der Waals surface area contributed by atoms with Crippen molar-refractivity contribution in [1.29, 1.82) is 0 Å². The average molecular weight is 274 g/mol. The second-order valence-corrected chi connectivity index (χ2v) is 5.76. The van der Waals surface area contributed by atoms with E-state index in [1.165, 1.54) is 30.6 Å². The van der Waals surface area contributed by atoms with Gasteiger partial charge in [0.2, 0.25) is 0 Å². The Morgan fingerprint density at radius 1 is 1.64 bits per heavy atom. The van der Waals surface area contributed by atoms with Gasteiger partial charge < -0.3 is 0 Å². The number of thiazole rings is 1. The molecule has 1 fully saturated rings. The highest BCUT2D eigenvalue weighted by Crippen LogP contribution is 2.44. The average Bonchev–Trinajstić information content (AvgIpc) is 2.43. The van der Waals surface area contributed by atoms with Crippen molar-refractivity contribution in [3.8, 4) is 0 Å². The SMILES string of the molecule is Cc1nc(C(Br)C2CCC2)sc1C=O. The van der Waals surface area contributed by atoms with Gasteiger partial charge in [-0.05, 0) is 25.7 Å². The molecule has 0 saturated heterocycles. The largest absolute Gasteiger partial charge is 0.297 e. The fourth-order valence-corrected chi connectivity index (χ4v) is 3.46. The van der Waals surface area contributed by atoms with Crippen molar-refractivity contribution in [3.05, 3.63) is 15.6 Å². The van der Waals surface area contributed by atoms with E-state index in [2.05, 4.69) is 20.9 Å². The maximum Gasteiger partial charge on any atom is 0.161 e. The Hall–Kier alpha value is -0.220. The molecule has 1 aromatic heterocycles. The van der Waals surface area contributed by atoms with E-state index < -0.39 is 0 Å². The van der Waals surface area contributed by atoms with Gasteiger partial charge in [0, 0.05) is 0 Å². The number of rotatable bonds is 3. The summed E-state index contributed by atoms with van der Waals surface area (Å²) in [6.07, 6.45) is 4.80. The molecule has 0 N–H and O–H groups in total. The first-order chi connectivity index (χ1) is 6.72. The minimum Gasteiger partial charge on any atom is -0.297 e. The fourth-order valence-electron chi connectivity index (χ4n) is 1.59. The highest BCUT2D eigenvalue weighted by Gasteiger charge is 2.28. The third kappa shape index (κ3) is 1.77. The van der Waals surface area contributed by atoms with E-state index in [1.54, 1.807) is 0 Å². The molecule has 1 aliphatic rings. The number of nitrogens with zero attached hydrogens (tertiary/aromatic N) is 1. The van der Waals surface area contributed by atoms with Gasteiger partial charge in [-0.3, -0.25) is 4.79 Å². The highest BCUT2D eigenvalue weighted by atomic mass is 79.9. The van der Waals surface area contributed by atoms with Crippen molar-refractivity contribution >= 4 is 33.6 Å². The van der Waals surface area contributed by atoms with Crippen molar-refractivity contribution in [2.75, 3.05) is 0 Å². The molecule has 76 valence electrons. The molecule has 0 bridgehead atoms. The van der Waals surface area contributed by atoms with E-state index in [4.69, 9.17) is 0 Å². The van der Waals surface area contributed by atoms with Gasteiger partial charge >= 0.3 is 0 Å². The predicted molar refractivity (Wildman–Crippen MR) is 61.2 cm³/mol. The smallest absolute Gasteiger partial charge is 0.161 e. The molecule has 2 nitrogen and oxygen atoms in total. The molecule has 14 heavy (non-hydrogen) atoms. The molecule has 0 amide bonds. The normalized spacial score (nSPS) is 19.0. The summed E-state index contributed by atoms with van der Waals surface area (Å²) in [5.74, 6) is 0.722. The standard InChI is InChI=1S/C10H12BrNOS/c1-6-8(5-13)14-10(12-6)9(11)7-3-2-4-7/h5,7,9H,2-4H2,1H3. The first kappa shape index (κ1) is 10.3. The van der Waals surface area contributed by atoms with Crippen molar-refractivity contribution in [2.24, 2.45) is 5.92 Å². The molecule has 4 heteroatoms. The zero-order valence-electron chi connectivity index (χ0n) is 8.00. The first-order valence-electron chi connectivity index (χ1n) is 4.79. The number of carbonyl (C=O) groups excluding carboxylic acids is 1. The van der Waals surface area contributed by atoms with Crippen molar-refractivity contribution < 1.29 is 4.79 Å². The predicted octanol–water partition coefficient (Wildman–Crippen LogP) is 3.50. The van der Waals surface area contributed by atoms with Crippen LogP contribution in [0.5, 0.6) is 0 Å². The summed E-state index contributed by atoms with van der Waals surface area (Å²) in [7, 11) is 0. The van der Waals surface area contributed by atoms with E-state index in [0.29, 0.717) is 4.83 Å². The van der Waals surface area contributed by atoms with Crippen LogP contribution in [0.15, 0.2) is 0 Å². The Kier molecular flexibility index (Phi) is 3.02. The highest BCUT2D eigenvalue weighted by molar-refractivity contribution is 9.09. The van der Waals surface area contributed by atoms with Crippen LogP contribution in [0.3, 0.4) is 0 Å². The molecule has 1 atom stereocenters. The summed E-state index contributed by atoms with van der Waals surface area (Å²) in [5, 5.41) is 1.06. The first-order valence-corrected chi connectivity index (χ1v) is 6.52. The van der Waals surface area contributed by atoms with Gasteiger partial charge in [0.15, 0.2) is 6.29 Å². The molecular weight excluding hydrogens is 262 g/mol. The topological polar surface area (TPSA) is 30.0 Å². The Morgan fingerprint density at radius 2 is 2.36 bits per heavy atom. The number of alkyl halides is 1. The number of aromatic nitrogens is 1. The number of aldehydes is 1. The Balaban J connectivity index is 2.18. The third-order valence-corrected chi connectivity index (χ3v) is 5.41. The zero-order valence-corrected chi connectivity index (χ0v) is 10.4. The van der Waals surface area contributed by atoms with Crippen molar-refractivity contribution in [2.45, 2.75) is 31.0 Å².